The smallest absolute Gasteiger partial charge is 0.128 e. The second kappa shape index (κ2) is 5.15. The number of benzene rings is 1. The molecular formula is C14H15NOS. The van der Waals surface area contributed by atoms with Gasteiger partial charge in [-0.3, -0.25) is 0 Å². The highest BCUT2D eigenvalue weighted by atomic mass is 32.1. The average Bonchev–Trinajstić information content (AvgIpc) is 2.29. The molecule has 3 heteroatoms. The molecule has 0 bridgehead atoms. The molecule has 0 atom stereocenters. The van der Waals surface area contributed by atoms with Gasteiger partial charge in [0.25, 0.3) is 0 Å². The maximum atomic E-state index is 5.79. The van der Waals surface area contributed by atoms with Crippen LogP contribution < -0.4 is 4.74 Å². The van der Waals surface area contributed by atoms with Crippen molar-refractivity contribution in [2.45, 2.75) is 20.0 Å². The molecule has 2 nitrogen and oxygen atoms in total. The van der Waals surface area contributed by atoms with Crippen LogP contribution in [-0.2, 0) is 0 Å². The average molecular weight is 245 g/mol. The van der Waals surface area contributed by atoms with Crippen LogP contribution in [0, 0.1) is 4.64 Å². The van der Waals surface area contributed by atoms with Gasteiger partial charge in [0.1, 0.15) is 10.4 Å². The van der Waals surface area contributed by atoms with Crippen molar-refractivity contribution in [2.24, 2.45) is 0 Å². The predicted octanol–water partition coefficient (Wildman–Crippen LogP) is 4.20. The Balaban J connectivity index is 2.48. The Bertz CT molecular complexity index is 560. The summed E-state index contributed by atoms with van der Waals surface area (Å²) in [5, 5.41) is 0. The molecule has 1 heterocycles. The lowest BCUT2D eigenvalue weighted by molar-refractivity contribution is 0.243. The monoisotopic (exact) mass is 245 g/mol. The Morgan fingerprint density at radius 3 is 2.53 bits per heavy atom. The van der Waals surface area contributed by atoms with Crippen molar-refractivity contribution >= 4 is 12.2 Å². The van der Waals surface area contributed by atoms with E-state index in [-0.39, 0.29) is 6.10 Å². The Kier molecular flexibility index (Phi) is 3.59. The molecule has 88 valence electrons. The van der Waals surface area contributed by atoms with Crippen molar-refractivity contribution in [3.8, 4) is 17.0 Å². The Morgan fingerprint density at radius 1 is 1.06 bits per heavy atom. The van der Waals surface area contributed by atoms with E-state index in [4.69, 9.17) is 17.0 Å². The molecule has 1 aromatic heterocycles. The molecule has 0 amide bonds. The molecule has 0 aliphatic carbocycles. The fourth-order valence-electron chi connectivity index (χ4n) is 1.65. The van der Waals surface area contributed by atoms with Gasteiger partial charge in [-0.05, 0) is 38.1 Å². The van der Waals surface area contributed by atoms with Crippen LogP contribution in [0.1, 0.15) is 13.8 Å². The third-order valence-corrected chi connectivity index (χ3v) is 2.55. The molecule has 1 N–H and O–H groups in total. The first-order chi connectivity index (χ1) is 8.16. The van der Waals surface area contributed by atoms with Gasteiger partial charge >= 0.3 is 0 Å². The van der Waals surface area contributed by atoms with E-state index in [2.05, 4.69) is 4.98 Å². The normalized spacial score (nSPS) is 10.5. The highest BCUT2D eigenvalue weighted by molar-refractivity contribution is 7.71. The summed E-state index contributed by atoms with van der Waals surface area (Å²) in [6.45, 7) is 4.04. The second-order valence-electron chi connectivity index (χ2n) is 4.09. The van der Waals surface area contributed by atoms with Gasteiger partial charge in [-0.1, -0.05) is 30.4 Å². The molecule has 0 saturated heterocycles. The molecule has 1 aromatic carbocycles. The summed E-state index contributed by atoms with van der Waals surface area (Å²) in [6.07, 6.45) is 0.155. The van der Waals surface area contributed by atoms with E-state index in [0.717, 1.165) is 21.6 Å². The molecule has 0 spiro atoms. The van der Waals surface area contributed by atoms with Crippen LogP contribution in [0.15, 0.2) is 42.5 Å². The Morgan fingerprint density at radius 2 is 1.82 bits per heavy atom. The van der Waals surface area contributed by atoms with Gasteiger partial charge in [0.05, 0.1) is 11.8 Å². The number of H-pyrrole nitrogens is 1. The Labute approximate surface area is 106 Å². The van der Waals surface area contributed by atoms with Gasteiger partial charge in [0, 0.05) is 5.56 Å². The second-order valence-corrected chi connectivity index (χ2v) is 4.53. The molecule has 0 aliphatic heterocycles. The topological polar surface area (TPSA) is 25.0 Å². The van der Waals surface area contributed by atoms with E-state index in [0.29, 0.717) is 0 Å². The number of hydrogen-bond acceptors (Lipinski definition) is 2. The number of ether oxygens (including phenoxy) is 1. The molecule has 0 radical (unpaired) electrons. The maximum Gasteiger partial charge on any atom is 0.128 e. The van der Waals surface area contributed by atoms with Gasteiger partial charge < -0.3 is 9.72 Å². The number of hydrogen-bond donors (Lipinski definition) is 1. The summed E-state index contributed by atoms with van der Waals surface area (Å²) in [5.41, 5.74) is 2.02. The highest BCUT2D eigenvalue weighted by Gasteiger charge is 2.07. The van der Waals surface area contributed by atoms with E-state index in [1.54, 1.807) is 0 Å². The van der Waals surface area contributed by atoms with Crippen molar-refractivity contribution in [1.29, 1.82) is 0 Å². The molecule has 2 rings (SSSR count). The van der Waals surface area contributed by atoms with Crippen LogP contribution >= 0.6 is 12.2 Å². The summed E-state index contributed by atoms with van der Waals surface area (Å²) in [5.74, 6) is 0.874. The lowest BCUT2D eigenvalue weighted by Crippen LogP contribution is -2.06. The zero-order valence-electron chi connectivity index (χ0n) is 9.94. The minimum Gasteiger partial charge on any atom is -0.490 e. The summed E-state index contributed by atoms with van der Waals surface area (Å²) < 4.78 is 6.51. The summed E-state index contributed by atoms with van der Waals surface area (Å²) in [4.78, 5) is 3.17. The van der Waals surface area contributed by atoms with Gasteiger partial charge in [0.2, 0.25) is 0 Å². The first kappa shape index (κ1) is 11.9. The number of para-hydroxylation sites is 1. The van der Waals surface area contributed by atoms with Crippen LogP contribution in [0.5, 0.6) is 5.75 Å². The van der Waals surface area contributed by atoms with Gasteiger partial charge in [0.15, 0.2) is 0 Å². The van der Waals surface area contributed by atoms with Crippen LogP contribution in [0.3, 0.4) is 0 Å². The molecule has 0 saturated carbocycles. The van der Waals surface area contributed by atoms with Crippen LogP contribution in [0.2, 0.25) is 0 Å². The van der Waals surface area contributed by atoms with Crippen LogP contribution in [0.25, 0.3) is 11.3 Å². The number of nitrogens with one attached hydrogen (secondary N) is 1. The van der Waals surface area contributed by atoms with E-state index in [1.165, 1.54) is 0 Å². The van der Waals surface area contributed by atoms with Gasteiger partial charge in [-0.2, -0.15) is 0 Å². The van der Waals surface area contributed by atoms with Crippen molar-refractivity contribution < 1.29 is 4.74 Å². The van der Waals surface area contributed by atoms with Crippen molar-refractivity contribution in [3.63, 3.8) is 0 Å². The standard InChI is InChI=1S/C14H15NOS/c1-10(2)16-13-8-4-3-6-11(13)12-7-5-9-14(17)15-12/h3-10H,1-2H3,(H,15,17). The first-order valence-electron chi connectivity index (χ1n) is 5.62. The minimum absolute atomic E-state index is 0.155. The van der Waals surface area contributed by atoms with E-state index in [9.17, 15) is 0 Å². The van der Waals surface area contributed by atoms with E-state index in [1.807, 2.05) is 56.3 Å². The zero-order valence-corrected chi connectivity index (χ0v) is 10.8. The highest BCUT2D eigenvalue weighted by Crippen LogP contribution is 2.28. The third kappa shape index (κ3) is 2.94. The van der Waals surface area contributed by atoms with Crippen LogP contribution in [0.4, 0.5) is 0 Å². The fourth-order valence-corrected chi connectivity index (χ4v) is 1.84. The van der Waals surface area contributed by atoms with E-state index >= 15 is 0 Å². The Hall–Kier alpha value is -1.61. The molecule has 17 heavy (non-hydrogen) atoms. The summed E-state index contributed by atoms with van der Waals surface area (Å²) in [6, 6.07) is 13.8. The largest absolute Gasteiger partial charge is 0.490 e. The van der Waals surface area contributed by atoms with Crippen molar-refractivity contribution in [3.05, 3.63) is 47.1 Å². The number of aromatic nitrogens is 1. The summed E-state index contributed by atoms with van der Waals surface area (Å²) >= 11 is 5.13. The molecule has 0 unspecified atom stereocenters. The van der Waals surface area contributed by atoms with Gasteiger partial charge in [-0.15, -0.1) is 0 Å². The zero-order chi connectivity index (χ0) is 12.3. The molecule has 2 aromatic rings. The van der Waals surface area contributed by atoms with Crippen molar-refractivity contribution in [1.82, 2.24) is 4.98 Å². The number of pyridine rings is 1. The summed E-state index contributed by atoms with van der Waals surface area (Å²) in [7, 11) is 0. The lowest BCUT2D eigenvalue weighted by Gasteiger charge is -2.14. The third-order valence-electron chi connectivity index (χ3n) is 2.31. The first-order valence-corrected chi connectivity index (χ1v) is 6.03. The van der Waals surface area contributed by atoms with Gasteiger partial charge in [-0.25, -0.2) is 0 Å². The molecular weight excluding hydrogens is 230 g/mol. The van der Waals surface area contributed by atoms with Crippen LogP contribution in [-0.4, -0.2) is 11.1 Å². The number of aromatic amines is 1. The molecule has 0 aliphatic rings. The SMILES string of the molecule is CC(C)Oc1ccccc1-c1cccc(=S)[nH]1. The fraction of sp³-hybridized carbons (Fsp3) is 0.214. The predicted molar refractivity (Wildman–Crippen MR) is 72.8 cm³/mol. The van der Waals surface area contributed by atoms with Crippen molar-refractivity contribution in [2.75, 3.05) is 0 Å². The van der Waals surface area contributed by atoms with E-state index < -0.39 is 0 Å². The number of rotatable bonds is 3. The maximum absolute atomic E-state index is 5.79. The molecule has 0 fully saturated rings. The minimum atomic E-state index is 0.155. The lowest BCUT2D eigenvalue weighted by atomic mass is 10.1. The quantitative estimate of drug-likeness (QED) is 0.820.